The summed E-state index contributed by atoms with van der Waals surface area (Å²) in [4.78, 5) is 18.1. The second-order valence-electron chi connectivity index (χ2n) is 3.91. The van der Waals surface area contributed by atoms with Gasteiger partial charge >= 0.3 is 0 Å². The fraction of sp³-hybridized carbons (Fsp3) is 0.600. The Morgan fingerprint density at radius 3 is 3.07 bits per heavy atom. The quantitative estimate of drug-likeness (QED) is 0.698. The van der Waals surface area contributed by atoms with Gasteiger partial charge in [0.05, 0.1) is 0 Å². The molecule has 1 saturated heterocycles. The molecule has 1 aromatic rings. The maximum Gasteiger partial charge on any atom is 0.290 e. The SMILES string of the molecule is CC1CNCCN1C(=O)c1nccn1C. The molecule has 1 aromatic heterocycles. The van der Waals surface area contributed by atoms with E-state index in [1.807, 2.05) is 18.9 Å². The first-order chi connectivity index (χ1) is 7.20. The van der Waals surface area contributed by atoms with Crippen molar-refractivity contribution < 1.29 is 4.79 Å². The summed E-state index contributed by atoms with van der Waals surface area (Å²) in [7, 11) is 1.84. The Kier molecular flexibility index (Phi) is 2.73. The van der Waals surface area contributed by atoms with Crippen LogP contribution in [-0.2, 0) is 7.05 Å². The number of nitrogens with one attached hydrogen (secondary N) is 1. The molecule has 0 saturated carbocycles. The summed E-state index contributed by atoms with van der Waals surface area (Å²) in [6.45, 7) is 4.52. The van der Waals surface area contributed by atoms with Crippen LogP contribution >= 0.6 is 0 Å². The molecule has 2 rings (SSSR count). The van der Waals surface area contributed by atoms with Gasteiger partial charge < -0.3 is 14.8 Å². The number of nitrogens with zero attached hydrogens (tertiary/aromatic N) is 3. The number of hydrogen-bond donors (Lipinski definition) is 1. The molecular formula is C10H16N4O. The number of piperazine rings is 1. The molecule has 1 aliphatic heterocycles. The van der Waals surface area contributed by atoms with Crippen molar-refractivity contribution >= 4 is 5.91 Å². The lowest BCUT2D eigenvalue weighted by molar-refractivity contribution is 0.0639. The molecule has 0 bridgehead atoms. The van der Waals surface area contributed by atoms with Crippen LogP contribution in [0.4, 0.5) is 0 Å². The first-order valence-corrected chi connectivity index (χ1v) is 5.19. The number of carbonyl (C=O) groups excluding carboxylic acids is 1. The van der Waals surface area contributed by atoms with Crippen molar-refractivity contribution in [2.45, 2.75) is 13.0 Å². The number of hydrogen-bond acceptors (Lipinski definition) is 3. The Bertz CT molecular complexity index is 360. The van der Waals surface area contributed by atoms with Crippen LogP contribution in [0.2, 0.25) is 0 Å². The fourth-order valence-corrected chi connectivity index (χ4v) is 1.84. The van der Waals surface area contributed by atoms with Gasteiger partial charge in [0.1, 0.15) is 0 Å². The Labute approximate surface area is 89.1 Å². The van der Waals surface area contributed by atoms with Crippen molar-refractivity contribution in [1.82, 2.24) is 19.8 Å². The van der Waals surface area contributed by atoms with Crippen molar-refractivity contribution in [2.24, 2.45) is 7.05 Å². The first-order valence-electron chi connectivity index (χ1n) is 5.19. The highest BCUT2D eigenvalue weighted by atomic mass is 16.2. The summed E-state index contributed by atoms with van der Waals surface area (Å²) in [5, 5.41) is 3.26. The maximum absolute atomic E-state index is 12.1. The van der Waals surface area contributed by atoms with Gasteiger partial charge in [0, 0.05) is 45.1 Å². The number of amides is 1. The van der Waals surface area contributed by atoms with E-state index in [1.54, 1.807) is 17.0 Å². The zero-order valence-corrected chi connectivity index (χ0v) is 9.10. The zero-order valence-electron chi connectivity index (χ0n) is 9.10. The van der Waals surface area contributed by atoms with Crippen molar-refractivity contribution in [3.63, 3.8) is 0 Å². The van der Waals surface area contributed by atoms with Crippen LogP contribution in [0.5, 0.6) is 0 Å². The molecule has 1 aliphatic rings. The van der Waals surface area contributed by atoms with Gasteiger partial charge in [-0.05, 0) is 6.92 Å². The molecule has 15 heavy (non-hydrogen) atoms. The Hall–Kier alpha value is -1.36. The van der Waals surface area contributed by atoms with E-state index in [0.29, 0.717) is 5.82 Å². The topological polar surface area (TPSA) is 50.2 Å². The summed E-state index contributed by atoms with van der Waals surface area (Å²) in [6.07, 6.45) is 3.44. The van der Waals surface area contributed by atoms with E-state index < -0.39 is 0 Å². The van der Waals surface area contributed by atoms with Gasteiger partial charge in [-0.25, -0.2) is 4.98 Å². The van der Waals surface area contributed by atoms with Crippen LogP contribution in [0.15, 0.2) is 12.4 Å². The molecule has 0 aromatic carbocycles. The summed E-state index contributed by atoms with van der Waals surface area (Å²) in [6, 6.07) is 0.239. The molecule has 1 unspecified atom stereocenters. The van der Waals surface area contributed by atoms with Crippen LogP contribution in [-0.4, -0.2) is 46.0 Å². The molecule has 2 heterocycles. The minimum absolute atomic E-state index is 0.0245. The summed E-state index contributed by atoms with van der Waals surface area (Å²) >= 11 is 0. The number of carbonyl (C=O) groups is 1. The smallest absolute Gasteiger partial charge is 0.290 e. The van der Waals surface area contributed by atoms with Crippen LogP contribution < -0.4 is 5.32 Å². The highest BCUT2D eigenvalue weighted by molar-refractivity contribution is 5.91. The summed E-state index contributed by atoms with van der Waals surface area (Å²) in [5.74, 6) is 0.542. The number of rotatable bonds is 1. The standard InChI is InChI=1S/C10H16N4O/c1-8-7-11-3-6-14(8)10(15)9-12-4-5-13(9)2/h4-5,8,11H,3,6-7H2,1-2H3. The molecule has 1 atom stereocenters. The molecule has 0 spiro atoms. The van der Waals surface area contributed by atoms with Gasteiger partial charge in [-0.2, -0.15) is 0 Å². The normalized spacial score (nSPS) is 21.7. The van der Waals surface area contributed by atoms with Crippen LogP contribution in [0.3, 0.4) is 0 Å². The Morgan fingerprint density at radius 2 is 2.47 bits per heavy atom. The van der Waals surface area contributed by atoms with Gasteiger partial charge in [-0.1, -0.05) is 0 Å². The van der Waals surface area contributed by atoms with E-state index in [0.717, 1.165) is 19.6 Å². The molecule has 5 nitrogen and oxygen atoms in total. The van der Waals surface area contributed by atoms with Gasteiger partial charge in [-0.15, -0.1) is 0 Å². The van der Waals surface area contributed by atoms with Crippen LogP contribution in [0.1, 0.15) is 17.5 Å². The van der Waals surface area contributed by atoms with Gasteiger partial charge in [0.15, 0.2) is 5.82 Å². The number of imidazole rings is 1. The van der Waals surface area contributed by atoms with Crippen molar-refractivity contribution in [3.8, 4) is 0 Å². The molecule has 1 N–H and O–H groups in total. The van der Waals surface area contributed by atoms with E-state index in [4.69, 9.17) is 0 Å². The predicted molar refractivity (Wildman–Crippen MR) is 56.6 cm³/mol. The molecule has 1 amide bonds. The minimum atomic E-state index is 0.0245. The third-order valence-electron chi connectivity index (χ3n) is 2.77. The second kappa shape index (κ2) is 4.02. The number of aromatic nitrogens is 2. The highest BCUT2D eigenvalue weighted by Gasteiger charge is 2.26. The van der Waals surface area contributed by atoms with E-state index >= 15 is 0 Å². The van der Waals surface area contributed by atoms with Gasteiger partial charge in [0.25, 0.3) is 5.91 Å². The van der Waals surface area contributed by atoms with Crippen LogP contribution in [0.25, 0.3) is 0 Å². The average molecular weight is 208 g/mol. The maximum atomic E-state index is 12.1. The number of aryl methyl sites for hydroxylation is 1. The fourth-order valence-electron chi connectivity index (χ4n) is 1.84. The van der Waals surface area contributed by atoms with E-state index in [2.05, 4.69) is 10.3 Å². The molecule has 82 valence electrons. The molecule has 0 radical (unpaired) electrons. The molecular weight excluding hydrogens is 192 g/mol. The lowest BCUT2D eigenvalue weighted by Gasteiger charge is -2.33. The Balaban J connectivity index is 2.17. The zero-order chi connectivity index (χ0) is 10.8. The third-order valence-corrected chi connectivity index (χ3v) is 2.77. The highest BCUT2D eigenvalue weighted by Crippen LogP contribution is 2.08. The lowest BCUT2D eigenvalue weighted by Crippen LogP contribution is -2.52. The second-order valence-corrected chi connectivity index (χ2v) is 3.91. The van der Waals surface area contributed by atoms with E-state index in [1.165, 1.54) is 0 Å². The monoisotopic (exact) mass is 208 g/mol. The largest absolute Gasteiger partial charge is 0.331 e. The molecule has 5 heteroatoms. The average Bonchev–Trinajstić information content (AvgIpc) is 2.64. The van der Waals surface area contributed by atoms with Crippen molar-refractivity contribution in [2.75, 3.05) is 19.6 Å². The predicted octanol–water partition coefficient (Wildman–Crippen LogP) is -0.146. The third kappa shape index (κ3) is 1.87. The van der Waals surface area contributed by atoms with E-state index in [-0.39, 0.29) is 11.9 Å². The van der Waals surface area contributed by atoms with Gasteiger partial charge in [-0.3, -0.25) is 4.79 Å². The van der Waals surface area contributed by atoms with E-state index in [9.17, 15) is 4.79 Å². The van der Waals surface area contributed by atoms with Gasteiger partial charge in [0.2, 0.25) is 0 Å². The lowest BCUT2D eigenvalue weighted by atomic mass is 10.2. The van der Waals surface area contributed by atoms with Crippen LogP contribution in [0, 0.1) is 0 Å². The van der Waals surface area contributed by atoms with Crippen molar-refractivity contribution in [1.29, 1.82) is 0 Å². The Morgan fingerprint density at radius 1 is 1.67 bits per heavy atom. The summed E-state index contributed by atoms with van der Waals surface area (Å²) in [5.41, 5.74) is 0. The van der Waals surface area contributed by atoms with Crippen molar-refractivity contribution in [3.05, 3.63) is 18.2 Å². The minimum Gasteiger partial charge on any atom is -0.331 e. The molecule has 1 fully saturated rings. The first kappa shape index (κ1) is 10.2. The summed E-state index contributed by atoms with van der Waals surface area (Å²) < 4.78 is 1.76. The molecule has 0 aliphatic carbocycles.